The molecule has 17 heavy (non-hydrogen) atoms. The number of halogens is 3. The molecule has 1 unspecified atom stereocenters. The molecule has 0 saturated carbocycles. The van der Waals surface area contributed by atoms with Crippen LogP contribution >= 0.6 is 0 Å². The summed E-state index contributed by atoms with van der Waals surface area (Å²) in [6.07, 6.45) is -3.14. The molecule has 0 spiro atoms. The first kappa shape index (κ1) is 12.4. The Labute approximate surface area is 97.5 Å². The fourth-order valence-electron chi connectivity index (χ4n) is 2.20. The normalized spacial score (nSPS) is 20.1. The Kier molecular flexibility index (Phi) is 3.40. The Bertz CT molecular complexity index is 403. The molecule has 1 atom stereocenters. The van der Waals surface area contributed by atoms with Gasteiger partial charge in [-0.1, -0.05) is 6.07 Å². The Balaban J connectivity index is 2.37. The summed E-state index contributed by atoms with van der Waals surface area (Å²) in [4.78, 5) is 0. The van der Waals surface area contributed by atoms with Gasteiger partial charge in [-0.2, -0.15) is 13.2 Å². The van der Waals surface area contributed by atoms with Crippen molar-refractivity contribution in [2.75, 3.05) is 13.2 Å². The van der Waals surface area contributed by atoms with E-state index in [2.05, 4.69) is 5.32 Å². The molecule has 1 aliphatic rings. The van der Waals surface area contributed by atoms with Crippen LogP contribution in [0.4, 0.5) is 13.2 Å². The van der Waals surface area contributed by atoms with Gasteiger partial charge in [0.15, 0.2) is 0 Å². The van der Waals surface area contributed by atoms with E-state index in [-0.39, 0.29) is 12.6 Å². The highest BCUT2D eigenvalue weighted by Gasteiger charge is 2.32. The summed E-state index contributed by atoms with van der Waals surface area (Å²) < 4.78 is 37.8. The van der Waals surface area contributed by atoms with Crippen molar-refractivity contribution in [3.63, 3.8) is 0 Å². The molecule has 1 heterocycles. The van der Waals surface area contributed by atoms with Crippen LogP contribution in [0, 0.1) is 0 Å². The number of hydrogen-bond acceptors (Lipinski definition) is 2. The third-order valence-electron chi connectivity index (χ3n) is 3.05. The van der Waals surface area contributed by atoms with Crippen molar-refractivity contribution in [1.29, 1.82) is 0 Å². The maximum Gasteiger partial charge on any atom is 0.416 e. The van der Waals surface area contributed by atoms with E-state index >= 15 is 0 Å². The van der Waals surface area contributed by atoms with E-state index in [1.165, 1.54) is 6.07 Å². The lowest BCUT2D eigenvalue weighted by molar-refractivity contribution is -0.137. The van der Waals surface area contributed by atoms with E-state index < -0.39 is 11.7 Å². The summed E-state index contributed by atoms with van der Waals surface area (Å²) in [5, 5.41) is 12.0. The van der Waals surface area contributed by atoms with Gasteiger partial charge in [-0.25, -0.2) is 0 Å². The van der Waals surface area contributed by atoms with Crippen molar-refractivity contribution in [2.45, 2.75) is 25.1 Å². The summed E-state index contributed by atoms with van der Waals surface area (Å²) in [5.41, 5.74) is 0.984. The van der Waals surface area contributed by atoms with Crippen molar-refractivity contribution in [3.05, 3.63) is 34.9 Å². The summed E-state index contributed by atoms with van der Waals surface area (Å²) in [6.45, 7) is 0.705. The molecule has 1 aliphatic heterocycles. The van der Waals surface area contributed by atoms with Crippen LogP contribution in [0.3, 0.4) is 0 Å². The third-order valence-corrected chi connectivity index (χ3v) is 3.05. The molecule has 2 N–H and O–H groups in total. The van der Waals surface area contributed by atoms with E-state index in [0.717, 1.165) is 24.6 Å². The molecular formula is C12H14F3NO. The minimum absolute atomic E-state index is 0.0344. The molecule has 0 aromatic heterocycles. The van der Waals surface area contributed by atoms with E-state index in [4.69, 9.17) is 5.11 Å². The van der Waals surface area contributed by atoms with Gasteiger partial charge in [0.1, 0.15) is 0 Å². The second-order valence-electron chi connectivity index (χ2n) is 4.18. The van der Waals surface area contributed by atoms with Crippen LogP contribution in [-0.4, -0.2) is 18.3 Å². The summed E-state index contributed by atoms with van der Waals surface area (Å²) >= 11 is 0. The van der Waals surface area contributed by atoms with Gasteiger partial charge in [0.05, 0.1) is 5.56 Å². The van der Waals surface area contributed by atoms with Crippen LogP contribution < -0.4 is 5.32 Å². The molecule has 0 radical (unpaired) electrons. The van der Waals surface area contributed by atoms with Crippen LogP contribution in [0.15, 0.2) is 18.2 Å². The van der Waals surface area contributed by atoms with Crippen molar-refractivity contribution in [3.8, 4) is 0 Å². The molecule has 0 amide bonds. The van der Waals surface area contributed by atoms with Gasteiger partial charge < -0.3 is 10.4 Å². The van der Waals surface area contributed by atoms with Gasteiger partial charge in [-0.15, -0.1) is 0 Å². The lowest BCUT2D eigenvalue weighted by Gasteiger charge is -2.27. The number of aliphatic hydroxyl groups is 1. The molecule has 0 fully saturated rings. The van der Waals surface area contributed by atoms with Gasteiger partial charge in [-0.05, 0) is 42.6 Å². The minimum Gasteiger partial charge on any atom is -0.396 e. The van der Waals surface area contributed by atoms with Crippen LogP contribution in [0.5, 0.6) is 0 Å². The highest BCUT2D eigenvalue weighted by Crippen LogP contribution is 2.34. The van der Waals surface area contributed by atoms with Gasteiger partial charge in [0, 0.05) is 12.6 Å². The molecule has 0 bridgehead atoms. The van der Waals surface area contributed by atoms with Crippen molar-refractivity contribution >= 4 is 0 Å². The maximum atomic E-state index is 12.6. The molecule has 2 nitrogen and oxygen atoms in total. The van der Waals surface area contributed by atoms with E-state index in [1.54, 1.807) is 6.07 Å². The van der Waals surface area contributed by atoms with Gasteiger partial charge in [0.25, 0.3) is 0 Å². The Morgan fingerprint density at radius 2 is 2.12 bits per heavy atom. The molecule has 94 valence electrons. The molecule has 1 aromatic rings. The van der Waals surface area contributed by atoms with Crippen molar-refractivity contribution < 1.29 is 18.3 Å². The summed E-state index contributed by atoms with van der Waals surface area (Å²) in [5.74, 6) is 0. The smallest absolute Gasteiger partial charge is 0.396 e. The average molecular weight is 245 g/mol. The summed E-state index contributed by atoms with van der Waals surface area (Å²) in [6, 6.07) is 3.69. The third kappa shape index (κ3) is 2.61. The van der Waals surface area contributed by atoms with E-state index in [9.17, 15) is 13.2 Å². The first-order valence-electron chi connectivity index (χ1n) is 5.56. The number of nitrogens with one attached hydrogen (secondary N) is 1. The van der Waals surface area contributed by atoms with E-state index in [1.807, 2.05) is 0 Å². The molecule has 1 aromatic carbocycles. The SMILES string of the molecule is OCCC1NCCc2ccc(C(F)(F)F)cc21. The molecule has 0 saturated heterocycles. The molecule has 5 heteroatoms. The number of benzene rings is 1. The predicted octanol–water partition coefficient (Wildman–Crippen LogP) is 2.27. The zero-order valence-electron chi connectivity index (χ0n) is 9.22. The maximum absolute atomic E-state index is 12.6. The van der Waals surface area contributed by atoms with Gasteiger partial charge >= 0.3 is 6.18 Å². The predicted molar refractivity (Wildman–Crippen MR) is 57.6 cm³/mol. The van der Waals surface area contributed by atoms with Crippen molar-refractivity contribution in [1.82, 2.24) is 5.32 Å². The highest BCUT2D eigenvalue weighted by atomic mass is 19.4. The monoisotopic (exact) mass is 245 g/mol. The number of fused-ring (bicyclic) bond motifs is 1. The largest absolute Gasteiger partial charge is 0.416 e. The van der Waals surface area contributed by atoms with Crippen LogP contribution in [0.2, 0.25) is 0 Å². The Morgan fingerprint density at radius 3 is 2.76 bits per heavy atom. The first-order chi connectivity index (χ1) is 8.02. The lowest BCUT2D eigenvalue weighted by Crippen LogP contribution is -2.30. The average Bonchev–Trinajstić information content (AvgIpc) is 2.28. The van der Waals surface area contributed by atoms with Crippen molar-refractivity contribution in [2.24, 2.45) is 0 Å². The zero-order chi connectivity index (χ0) is 12.5. The van der Waals surface area contributed by atoms with E-state index in [0.29, 0.717) is 12.0 Å². The zero-order valence-corrected chi connectivity index (χ0v) is 9.22. The number of rotatable bonds is 2. The lowest BCUT2D eigenvalue weighted by atomic mass is 9.91. The molecule has 0 aliphatic carbocycles. The fourth-order valence-corrected chi connectivity index (χ4v) is 2.20. The number of alkyl halides is 3. The Morgan fingerprint density at radius 1 is 1.35 bits per heavy atom. The fraction of sp³-hybridized carbons (Fsp3) is 0.500. The van der Waals surface area contributed by atoms with Gasteiger partial charge in [0.2, 0.25) is 0 Å². The summed E-state index contributed by atoms with van der Waals surface area (Å²) in [7, 11) is 0. The first-order valence-corrected chi connectivity index (χ1v) is 5.56. The quantitative estimate of drug-likeness (QED) is 0.837. The molecular weight excluding hydrogens is 231 g/mol. The minimum atomic E-state index is -4.31. The number of hydrogen-bond donors (Lipinski definition) is 2. The van der Waals surface area contributed by atoms with Gasteiger partial charge in [-0.3, -0.25) is 0 Å². The molecule has 2 rings (SSSR count). The highest BCUT2D eigenvalue weighted by molar-refractivity contribution is 5.37. The van der Waals surface area contributed by atoms with Crippen LogP contribution in [0.25, 0.3) is 0 Å². The topological polar surface area (TPSA) is 32.3 Å². The second-order valence-corrected chi connectivity index (χ2v) is 4.18. The second kappa shape index (κ2) is 4.66. The number of aliphatic hydroxyl groups excluding tert-OH is 1. The van der Waals surface area contributed by atoms with Crippen LogP contribution in [0.1, 0.15) is 29.2 Å². The van der Waals surface area contributed by atoms with Crippen LogP contribution in [-0.2, 0) is 12.6 Å². The Hall–Kier alpha value is -1.07. The standard InChI is InChI=1S/C12H14F3NO/c13-12(14,15)9-2-1-8-3-5-16-11(4-6-17)10(8)7-9/h1-2,7,11,16-17H,3-6H2.